The summed E-state index contributed by atoms with van der Waals surface area (Å²) in [7, 11) is -2.60. The number of sulfonamides is 1. The summed E-state index contributed by atoms with van der Waals surface area (Å²) in [6.07, 6.45) is 5.38. The van der Waals surface area contributed by atoms with E-state index in [1.54, 1.807) is 24.4 Å². The van der Waals surface area contributed by atoms with Crippen LogP contribution in [-0.2, 0) is 32.6 Å². The van der Waals surface area contributed by atoms with Crippen LogP contribution in [0.2, 0.25) is 0 Å². The molecule has 6 rings (SSSR count). The Morgan fingerprint density at radius 2 is 1.92 bits per heavy atom. The van der Waals surface area contributed by atoms with Crippen molar-refractivity contribution in [1.29, 1.82) is 0 Å². The predicted octanol–water partition coefficient (Wildman–Crippen LogP) is 3.59. The van der Waals surface area contributed by atoms with Gasteiger partial charge < -0.3 is 29.2 Å². The van der Waals surface area contributed by atoms with Gasteiger partial charge in [0.1, 0.15) is 28.0 Å². The van der Waals surface area contributed by atoms with Gasteiger partial charge in [0.2, 0.25) is 11.8 Å². The molecule has 2 N–H and O–H groups in total. The van der Waals surface area contributed by atoms with Gasteiger partial charge in [0, 0.05) is 50.1 Å². The van der Waals surface area contributed by atoms with Gasteiger partial charge >= 0.3 is 0 Å². The smallest absolute Gasteiger partial charge is 0.253 e. The summed E-state index contributed by atoms with van der Waals surface area (Å²) in [5.74, 6) is 0.637. The number of rotatable bonds is 6. The van der Waals surface area contributed by atoms with Gasteiger partial charge in [0.15, 0.2) is 11.5 Å². The third-order valence-corrected chi connectivity index (χ3v) is 11.1. The van der Waals surface area contributed by atoms with E-state index >= 15 is 0 Å². The molecule has 1 aliphatic rings. The highest BCUT2D eigenvalue weighted by Gasteiger charge is 2.30. The summed E-state index contributed by atoms with van der Waals surface area (Å²) >= 11 is 1.02. The molecule has 13 nitrogen and oxygen atoms in total. The van der Waals surface area contributed by atoms with E-state index in [-0.39, 0.29) is 42.7 Å². The molecule has 250 valence electrons. The maximum absolute atomic E-state index is 14.0. The van der Waals surface area contributed by atoms with Crippen molar-refractivity contribution in [2.45, 2.75) is 29.6 Å². The molecule has 0 spiro atoms. The number of nitrogens with one attached hydrogen (secondary N) is 2. The van der Waals surface area contributed by atoms with Gasteiger partial charge in [-0.3, -0.25) is 9.59 Å². The zero-order valence-electron chi connectivity index (χ0n) is 26.1. The standard InChI is InChI=1S/C33H34N6O7S2/c1-44-27-9-8-24-21-28(27)45-18-5-15-39(48(42,43)31-11-10-29(47-31)25-12-19-46-37-25)22-30(40)36-26(20-23-6-3-2-4-7-23)33(41)35-14-17-38-16-13-34-32(24)38/h2-4,6-13,16,19,21,26H,5,14-15,17-18,20,22H2,1H3,(H,35,41)(H,36,40)/t26-/m0/s1. The number of carbonyl (C=O) groups is 2. The van der Waals surface area contributed by atoms with Crippen LogP contribution in [0.4, 0.5) is 0 Å². The Balaban J connectivity index is 1.31. The van der Waals surface area contributed by atoms with Gasteiger partial charge in [0.05, 0.1) is 25.1 Å². The molecule has 15 heteroatoms. The maximum atomic E-state index is 14.0. The second-order valence-electron chi connectivity index (χ2n) is 11.0. The largest absolute Gasteiger partial charge is 0.493 e. The van der Waals surface area contributed by atoms with Crippen molar-refractivity contribution in [2.24, 2.45) is 0 Å². The topological polar surface area (TPSA) is 158 Å². The van der Waals surface area contributed by atoms with E-state index < -0.39 is 28.5 Å². The molecular weight excluding hydrogens is 657 g/mol. The lowest BCUT2D eigenvalue weighted by atomic mass is 10.1. The third kappa shape index (κ3) is 7.59. The number of nitrogens with zero attached hydrogens (tertiary/aromatic N) is 4. The van der Waals surface area contributed by atoms with Crippen molar-refractivity contribution < 1.29 is 32.0 Å². The third-order valence-electron chi connectivity index (χ3n) is 7.72. The van der Waals surface area contributed by atoms with E-state index in [4.69, 9.17) is 14.0 Å². The molecule has 2 amide bonds. The highest BCUT2D eigenvalue weighted by molar-refractivity contribution is 7.91. The van der Waals surface area contributed by atoms with Crippen LogP contribution >= 0.6 is 11.3 Å². The van der Waals surface area contributed by atoms with Crippen LogP contribution in [0.25, 0.3) is 22.0 Å². The molecule has 0 saturated carbocycles. The SMILES string of the molecule is COc1ccc2cc1OCCCN(S(=O)(=O)c1ccc(-c3ccon3)s1)CC(=O)N[C@@H](Cc1ccccc1)C(=O)NCCn1ccnc1-2. The van der Waals surface area contributed by atoms with Gasteiger partial charge in [-0.05, 0) is 42.3 Å². The number of carbonyl (C=O) groups excluding carboxylic acids is 2. The highest BCUT2D eigenvalue weighted by atomic mass is 32.2. The molecule has 5 aromatic rings. The lowest BCUT2D eigenvalue weighted by Gasteiger charge is -2.24. The Labute approximate surface area is 281 Å². The van der Waals surface area contributed by atoms with E-state index in [9.17, 15) is 18.0 Å². The van der Waals surface area contributed by atoms with Gasteiger partial charge in [-0.25, -0.2) is 13.4 Å². The van der Waals surface area contributed by atoms with E-state index in [0.717, 1.165) is 26.8 Å². The molecule has 0 unspecified atom stereocenters. The summed E-state index contributed by atoms with van der Waals surface area (Å²) in [5, 5.41) is 9.61. The first kappa shape index (κ1) is 32.9. The Kier molecular flexibility index (Phi) is 10.2. The fourth-order valence-corrected chi connectivity index (χ4v) is 8.19. The molecule has 0 aliphatic carbocycles. The lowest BCUT2D eigenvalue weighted by molar-refractivity contribution is -0.129. The van der Waals surface area contributed by atoms with Crippen molar-refractivity contribution in [1.82, 2.24) is 29.6 Å². The lowest BCUT2D eigenvalue weighted by Crippen LogP contribution is -2.51. The van der Waals surface area contributed by atoms with Crippen LogP contribution in [0.15, 0.2) is 94.1 Å². The van der Waals surface area contributed by atoms with E-state index in [2.05, 4.69) is 20.8 Å². The normalized spacial score (nSPS) is 16.9. The summed E-state index contributed by atoms with van der Waals surface area (Å²) in [6.45, 7) is 0.272. The molecule has 1 atom stereocenters. The minimum Gasteiger partial charge on any atom is -0.493 e. The van der Waals surface area contributed by atoms with E-state index in [1.165, 1.54) is 19.4 Å². The zero-order chi connectivity index (χ0) is 33.5. The first-order valence-corrected chi connectivity index (χ1v) is 17.5. The first-order valence-electron chi connectivity index (χ1n) is 15.3. The first-order chi connectivity index (χ1) is 23.3. The number of amides is 2. The summed E-state index contributed by atoms with van der Waals surface area (Å²) in [6, 6.07) is 18.6. The van der Waals surface area contributed by atoms with Crippen molar-refractivity contribution in [2.75, 3.05) is 33.4 Å². The minimum absolute atomic E-state index is 0.0328. The van der Waals surface area contributed by atoms with Crippen molar-refractivity contribution in [3.63, 3.8) is 0 Å². The minimum atomic E-state index is -4.14. The Morgan fingerprint density at radius 3 is 2.71 bits per heavy atom. The van der Waals surface area contributed by atoms with E-state index in [1.807, 2.05) is 53.2 Å². The fraction of sp³-hybridized carbons (Fsp3) is 0.273. The Hall–Kier alpha value is -4.99. The van der Waals surface area contributed by atoms with E-state index in [0.29, 0.717) is 34.4 Å². The molecule has 2 aromatic carbocycles. The maximum Gasteiger partial charge on any atom is 0.253 e. The Morgan fingerprint density at radius 1 is 1.06 bits per heavy atom. The quantitative estimate of drug-likeness (QED) is 0.272. The number of imidazole rings is 1. The average molecular weight is 691 g/mol. The molecule has 0 radical (unpaired) electrons. The van der Waals surface area contributed by atoms with Gasteiger partial charge in [-0.2, -0.15) is 4.31 Å². The van der Waals surface area contributed by atoms with Crippen molar-refractivity contribution in [3.05, 3.63) is 91.0 Å². The molecule has 0 fully saturated rings. The van der Waals surface area contributed by atoms with Crippen LogP contribution in [0.3, 0.4) is 0 Å². The Bertz CT molecular complexity index is 1960. The van der Waals surface area contributed by atoms with Crippen LogP contribution < -0.4 is 20.1 Å². The van der Waals surface area contributed by atoms with Crippen LogP contribution in [-0.4, -0.2) is 78.6 Å². The number of methoxy groups -OCH3 is 1. The number of aromatic nitrogens is 3. The van der Waals surface area contributed by atoms with Crippen molar-refractivity contribution in [3.8, 4) is 33.5 Å². The summed E-state index contributed by atoms with van der Waals surface area (Å²) < 4.78 is 47.5. The predicted molar refractivity (Wildman–Crippen MR) is 178 cm³/mol. The number of hydrogen-bond donors (Lipinski definition) is 2. The molecule has 48 heavy (non-hydrogen) atoms. The number of thiophene rings is 1. The molecule has 3 aromatic heterocycles. The second-order valence-corrected chi connectivity index (χ2v) is 14.2. The highest BCUT2D eigenvalue weighted by Crippen LogP contribution is 2.33. The monoisotopic (exact) mass is 690 g/mol. The second kappa shape index (κ2) is 14.8. The van der Waals surface area contributed by atoms with Crippen LogP contribution in [0.1, 0.15) is 12.0 Å². The molecule has 4 heterocycles. The van der Waals surface area contributed by atoms with Gasteiger partial charge in [-0.1, -0.05) is 35.5 Å². The molecule has 1 aliphatic heterocycles. The number of benzene rings is 2. The molecule has 2 bridgehead atoms. The number of fused-ring (bicyclic) bond motifs is 4. The number of ether oxygens (including phenoxy) is 2. The van der Waals surface area contributed by atoms with Crippen molar-refractivity contribution >= 4 is 33.2 Å². The number of hydrogen-bond acceptors (Lipinski definition) is 10. The van der Waals surface area contributed by atoms with Crippen LogP contribution in [0.5, 0.6) is 11.5 Å². The summed E-state index contributed by atoms with van der Waals surface area (Å²) in [5.41, 5.74) is 2.12. The molecular formula is C33H34N6O7S2. The van der Waals surface area contributed by atoms with Crippen LogP contribution in [0, 0.1) is 0 Å². The van der Waals surface area contributed by atoms with Gasteiger partial charge in [0.25, 0.3) is 10.0 Å². The average Bonchev–Trinajstić information content (AvgIpc) is 3.88. The zero-order valence-corrected chi connectivity index (χ0v) is 27.7. The fourth-order valence-electron chi connectivity index (χ4n) is 5.33. The molecule has 0 saturated heterocycles. The summed E-state index contributed by atoms with van der Waals surface area (Å²) in [4.78, 5) is 32.2. The van der Waals surface area contributed by atoms with Gasteiger partial charge in [-0.15, -0.1) is 11.3 Å².